The Morgan fingerprint density at radius 2 is 2.05 bits per heavy atom. The summed E-state index contributed by atoms with van der Waals surface area (Å²) in [7, 11) is 0. The van der Waals surface area contributed by atoms with Gasteiger partial charge in [0.05, 0.1) is 0 Å². The number of rotatable bonds is 3. The quantitative estimate of drug-likeness (QED) is 0.768. The van der Waals surface area contributed by atoms with Crippen LogP contribution in [0, 0.1) is 0 Å². The monoisotopic (exact) mass is 277 g/mol. The average molecular weight is 277 g/mol. The van der Waals surface area contributed by atoms with Crippen LogP contribution in [0.2, 0.25) is 0 Å². The third kappa shape index (κ3) is 2.38. The van der Waals surface area contributed by atoms with Crippen molar-refractivity contribution >= 4 is 28.1 Å². The van der Waals surface area contributed by atoms with Crippen molar-refractivity contribution in [2.24, 2.45) is 0 Å². The molecule has 0 saturated heterocycles. The Morgan fingerprint density at radius 1 is 1.14 bits per heavy atom. The number of hydrogen-bond acceptors (Lipinski definition) is 5. The first-order valence-corrected chi connectivity index (χ1v) is 7.04. The molecule has 0 radical (unpaired) electrons. The lowest BCUT2D eigenvalue weighted by Crippen LogP contribution is -2.03. The third-order valence-corrected chi connectivity index (χ3v) is 3.65. The van der Waals surface area contributed by atoms with Crippen LogP contribution in [-0.2, 0) is 0 Å². The number of aromatic nitrogens is 3. The van der Waals surface area contributed by atoms with Crippen molar-refractivity contribution in [2.45, 2.75) is 18.8 Å². The molecular weight excluding hydrogens is 262 g/mol. The van der Waals surface area contributed by atoms with Crippen molar-refractivity contribution in [2.75, 3.05) is 11.1 Å². The molecule has 0 atom stereocenters. The highest BCUT2D eigenvalue weighted by molar-refractivity contribution is 5.94. The van der Waals surface area contributed by atoms with Gasteiger partial charge in [-0.1, -0.05) is 12.1 Å². The lowest BCUT2D eigenvalue weighted by atomic mass is 10.1. The number of nitrogens with zero attached hydrogens (tertiary/aromatic N) is 3. The number of anilines is 3. The minimum atomic E-state index is 0.478. The molecule has 2 aromatic heterocycles. The predicted octanol–water partition coefficient (Wildman–Crippen LogP) is 3.23. The van der Waals surface area contributed by atoms with Gasteiger partial charge in [0.25, 0.3) is 0 Å². The van der Waals surface area contributed by atoms with Crippen molar-refractivity contribution in [1.29, 1.82) is 0 Å². The number of nitrogen functional groups attached to an aromatic ring is 1. The summed E-state index contributed by atoms with van der Waals surface area (Å²) < 4.78 is 0. The van der Waals surface area contributed by atoms with Crippen molar-refractivity contribution in [3.8, 4) is 0 Å². The Morgan fingerprint density at radius 3 is 2.90 bits per heavy atom. The number of hydrogen-bond donors (Lipinski definition) is 2. The highest BCUT2D eigenvalue weighted by Gasteiger charge is 2.27. The summed E-state index contributed by atoms with van der Waals surface area (Å²) in [5.74, 6) is 2.58. The van der Waals surface area contributed by atoms with E-state index < -0.39 is 0 Å². The second kappa shape index (κ2) is 4.70. The fourth-order valence-electron chi connectivity index (χ4n) is 2.44. The van der Waals surface area contributed by atoms with Gasteiger partial charge in [0, 0.05) is 40.8 Å². The lowest BCUT2D eigenvalue weighted by molar-refractivity contribution is 0.936. The Balaban J connectivity index is 1.74. The summed E-state index contributed by atoms with van der Waals surface area (Å²) in [5, 5.41) is 5.55. The second-order valence-electron chi connectivity index (χ2n) is 5.34. The summed E-state index contributed by atoms with van der Waals surface area (Å²) >= 11 is 0. The van der Waals surface area contributed by atoms with E-state index in [4.69, 9.17) is 5.73 Å². The molecule has 21 heavy (non-hydrogen) atoms. The number of nitrogens with one attached hydrogen (secondary N) is 1. The number of benzene rings is 1. The van der Waals surface area contributed by atoms with E-state index in [0.29, 0.717) is 11.7 Å². The van der Waals surface area contributed by atoms with Crippen LogP contribution < -0.4 is 11.1 Å². The van der Waals surface area contributed by atoms with Gasteiger partial charge in [0.1, 0.15) is 17.5 Å². The van der Waals surface area contributed by atoms with E-state index in [2.05, 4.69) is 20.3 Å². The summed E-state index contributed by atoms with van der Waals surface area (Å²) in [5.41, 5.74) is 6.89. The standard InChI is InChI=1S/C16H15N5/c17-14-8-15(21-16(20-14)10-4-5-10)19-13-3-1-2-11-9-18-7-6-12(11)13/h1-3,6-10H,4-5H2,(H3,17,19,20,21). The maximum Gasteiger partial charge on any atom is 0.136 e. The van der Waals surface area contributed by atoms with Gasteiger partial charge in [-0.3, -0.25) is 4.98 Å². The lowest BCUT2D eigenvalue weighted by Gasteiger charge is -2.10. The summed E-state index contributed by atoms with van der Waals surface area (Å²) in [6.07, 6.45) is 5.95. The molecular formula is C16H15N5. The van der Waals surface area contributed by atoms with Gasteiger partial charge in [0.2, 0.25) is 0 Å². The zero-order chi connectivity index (χ0) is 14.2. The molecule has 1 aliphatic rings. The molecule has 0 amide bonds. The molecule has 1 saturated carbocycles. The molecule has 1 fully saturated rings. The Bertz CT molecular complexity index is 805. The number of nitrogens with two attached hydrogens (primary N) is 1. The van der Waals surface area contributed by atoms with Gasteiger partial charge in [-0.2, -0.15) is 0 Å². The largest absolute Gasteiger partial charge is 0.384 e. The van der Waals surface area contributed by atoms with E-state index in [0.717, 1.165) is 40.9 Å². The predicted molar refractivity (Wildman–Crippen MR) is 83.4 cm³/mol. The fraction of sp³-hybridized carbons (Fsp3) is 0.188. The highest BCUT2D eigenvalue weighted by Crippen LogP contribution is 2.39. The van der Waals surface area contributed by atoms with Crippen LogP contribution in [0.15, 0.2) is 42.7 Å². The first kappa shape index (κ1) is 12.1. The summed E-state index contributed by atoms with van der Waals surface area (Å²) in [4.78, 5) is 13.0. The van der Waals surface area contributed by atoms with Crippen molar-refractivity contribution in [1.82, 2.24) is 15.0 Å². The van der Waals surface area contributed by atoms with E-state index in [-0.39, 0.29) is 0 Å². The molecule has 1 aliphatic carbocycles. The molecule has 0 spiro atoms. The van der Waals surface area contributed by atoms with Gasteiger partial charge >= 0.3 is 0 Å². The van der Waals surface area contributed by atoms with E-state index in [1.165, 1.54) is 0 Å². The molecule has 5 nitrogen and oxygen atoms in total. The van der Waals surface area contributed by atoms with Crippen LogP contribution in [0.4, 0.5) is 17.3 Å². The van der Waals surface area contributed by atoms with Gasteiger partial charge in [-0.05, 0) is 25.0 Å². The van der Waals surface area contributed by atoms with Gasteiger partial charge < -0.3 is 11.1 Å². The molecule has 3 N–H and O–H groups in total. The molecule has 3 aromatic rings. The molecule has 104 valence electrons. The Kier molecular flexibility index (Phi) is 2.70. The van der Waals surface area contributed by atoms with Crippen LogP contribution in [-0.4, -0.2) is 15.0 Å². The van der Waals surface area contributed by atoms with Crippen LogP contribution in [0.5, 0.6) is 0 Å². The topological polar surface area (TPSA) is 76.7 Å². The Hall–Kier alpha value is -2.69. The smallest absolute Gasteiger partial charge is 0.136 e. The van der Waals surface area contributed by atoms with Crippen LogP contribution in [0.25, 0.3) is 10.8 Å². The number of fused-ring (bicyclic) bond motifs is 1. The zero-order valence-corrected chi connectivity index (χ0v) is 11.5. The molecule has 4 rings (SSSR count). The van der Waals surface area contributed by atoms with Gasteiger partial charge in [0.15, 0.2) is 0 Å². The second-order valence-corrected chi connectivity index (χ2v) is 5.34. The first-order chi connectivity index (χ1) is 10.3. The van der Waals surface area contributed by atoms with Gasteiger partial charge in [-0.25, -0.2) is 9.97 Å². The van der Waals surface area contributed by atoms with Crippen LogP contribution in [0.1, 0.15) is 24.6 Å². The fourth-order valence-corrected chi connectivity index (χ4v) is 2.44. The summed E-state index contributed by atoms with van der Waals surface area (Å²) in [6, 6.07) is 9.82. The van der Waals surface area contributed by atoms with E-state index in [1.54, 1.807) is 12.3 Å². The zero-order valence-electron chi connectivity index (χ0n) is 11.5. The molecule has 2 heterocycles. The van der Waals surface area contributed by atoms with Crippen molar-refractivity contribution < 1.29 is 0 Å². The van der Waals surface area contributed by atoms with Crippen molar-refractivity contribution in [3.05, 3.63) is 48.5 Å². The minimum Gasteiger partial charge on any atom is -0.384 e. The molecule has 0 unspecified atom stereocenters. The maximum atomic E-state index is 5.89. The Labute approximate surface area is 122 Å². The molecule has 0 aliphatic heterocycles. The highest BCUT2D eigenvalue weighted by atomic mass is 15.1. The number of pyridine rings is 1. The summed E-state index contributed by atoms with van der Waals surface area (Å²) in [6.45, 7) is 0. The first-order valence-electron chi connectivity index (χ1n) is 7.04. The van der Waals surface area contributed by atoms with E-state index >= 15 is 0 Å². The van der Waals surface area contributed by atoms with E-state index in [1.807, 2.05) is 30.5 Å². The molecule has 1 aromatic carbocycles. The van der Waals surface area contributed by atoms with E-state index in [9.17, 15) is 0 Å². The van der Waals surface area contributed by atoms with Crippen LogP contribution in [0.3, 0.4) is 0 Å². The van der Waals surface area contributed by atoms with Gasteiger partial charge in [-0.15, -0.1) is 0 Å². The normalized spacial score (nSPS) is 14.3. The van der Waals surface area contributed by atoms with Crippen molar-refractivity contribution in [3.63, 3.8) is 0 Å². The molecule has 5 heteroatoms. The van der Waals surface area contributed by atoms with Crippen LogP contribution >= 0.6 is 0 Å². The molecule has 0 bridgehead atoms. The third-order valence-electron chi connectivity index (χ3n) is 3.65. The maximum absolute atomic E-state index is 5.89. The minimum absolute atomic E-state index is 0.478. The average Bonchev–Trinajstić information content (AvgIpc) is 3.32. The SMILES string of the molecule is Nc1cc(Nc2cccc3cnccc23)nc(C2CC2)n1.